The first-order valence-electron chi connectivity index (χ1n) is 16.7. The standard InChI is InChI=1S/C36H43N9O3.ClH/c1-22-18-28(35(47)40-30-16-17-38-21-30)12-15-31(22)25-6-2-23(3-7-25)19-32(41-34(46)27-8-4-24(20-37)5-9-27)36(48)39-29-13-10-26(11-14-29)33-42-44-45-43-33;/h2-3,6-7,10-15,18,24,27,30,32,38H,4-5,8-9,16-17,19-21,37H2,1H3,(H,39,48)(H,40,47)(H,41,46)(H,42,43,44,45);1H/t24-,27-,30-,32-;/m0./s1. The second kappa shape index (κ2) is 16.6. The number of nitrogens with two attached hydrogens (primary N) is 1. The van der Waals surface area contributed by atoms with E-state index < -0.39 is 6.04 Å². The Morgan fingerprint density at radius 1 is 0.939 bits per heavy atom. The smallest absolute Gasteiger partial charge is 0.251 e. The van der Waals surface area contributed by atoms with Gasteiger partial charge in [-0.1, -0.05) is 30.3 Å². The van der Waals surface area contributed by atoms with E-state index in [4.69, 9.17) is 5.73 Å². The molecule has 6 rings (SSSR count). The predicted octanol–water partition coefficient (Wildman–Crippen LogP) is 3.79. The second-order valence-corrected chi connectivity index (χ2v) is 12.9. The van der Waals surface area contributed by atoms with Crippen molar-refractivity contribution in [1.82, 2.24) is 36.6 Å². The summed E-state index contributed by atoms with van der Waals surface area (Å²) in [6.45, 7) is 4.36. The van der Waals surface area contributed by atoms with Gasteiger partial charge in [0.1, 0.15) is 6.04 Å². The minimum Gasteiger partial charge on any atom is -0.348 e. The molecule has 12 nitrogen and oxygen atoms in total. The highest BCUT2D eigenvalue weighted by molar-refractivity contribution is 5.98. The van der Waals surface area contributed by atoms with Gasteiger partial charge in [-0.25, -0.2) is 0 Å². The molecule has 0 radical (unpaired) electrons. The number of amides is 3. The van der Waals surface area contributed by atoms with Gasteiger partial charge in [0.05, 0.1) is 0 Å². The third-order valence-electron chi connectivity index (χ3n) is 9.53. The van der Waals surface area contributed by atoms with Gasteiger partial charge in [-0.3, -0.25) is 14.4 Å². The van der Waals surface area contributed by atoms with E-state index in [1.165, 1.54) is 0 Å². The zero-order valence-corrected chi connectivity index (χ0v) is 28.4. The van der Waals surface area contributed by atoms with Crippen LogP contribution in [0.5, 0.6) is 0 Å². The second-order valence-electron chi connectivity index (χ2n) is 12.9. The van der Waals surface area contributed by atoms with E-state index in [1.54, 1.807) is 24.3 Å². The van der Waals surface area contributed by atoms with Crippen molar-refractivity contribution < 1.29 is 14.4 Å². The van der Waals surface area contributed by atoms with E-state index in [-0.39, 0.29) is 42.1 Å². The molecule has 0 spiro atoms. The lowest BCUT2D eigenvalue weighted by Crippen LogP contribution is -2.48. The Morgan fingerprint density at radius 3 is 2.31 bits per heavy atom. The largest absolute Gasteiger partial charge is 0.348 e. The Balaban J connectivity index is 0.00000468. The highest BCUT2D eigenvalue weighted by Crippen LogP contribution is 2.29. The minimum atomic E-state index is -0.776. The molecule has 13 heteroatoms. The molecular formula is C36H44ClN9O3. The fourth-order valence-electron chi connectivity index (χ4n) is 6.61. The summed E-state index contributed by atoms with van der Waals surface area (Å²) >= 11 is 0. The van der Waals surface area contributed by atoms with Crippen molar-refractivity contribution in [1.29, 1.82) is 0 Å². The molecule has 0 unspecified atom stereocenters. The number of hydrogen-bond acceptors (Lipinski definition) is 8. The summed E-state index contributed by atoms with van der Waals surface area (Å²) in [5, 5.41) is 26.4. The highest BCUT2D eigenvalue weighted by atomic mass is 35.5. The number of anilines is 1. The molecule has 1 aliphatic carbocycles. The number of nitrogens with one attached hydrogen (secondary N) is 5. The Hall–Kier alpha value is -4.65. The average molecular weight is 686 g/mol. The molecular weight excluding hydrogens is 642 g/mol. The maximum atomic E-state index is 13.7. The Kier molecular flexibility index (Phi) is 12.1. The number of nitrogens with zero attached hydrogens (tertiary/aromatic N) is 3. The average Bonchev–Trinajstić information content (AvgIpc) is 3.84. The van der Waals surface area contributed by atoms with Crippen molar-refractivity contribution in [3.63, 3.8) is 0 Å². The molecule has 1 saturated heterocycles. The van der Waals surface area contributed by atoms with Gasteiger partial charge in [0.2, 0.25) is 17.6 Å². The van der Waals surface area contributed by atoms with Gasteiger partial charge in [0, 0.05) is 41.7 Å². The molecule has 2 fully saturated rings. The van der Waals surface area contributed by atoms with Crippen molar-refractivity contribution in [2.45, 2.75) is 57.5 Å². The predicted molar refractivity (Wildman–Crippen MR) is 191 cm³/mol. The van der Waals surface area contributed by atoms with Gasteiger partial charge in [-0.05, 0) is 122 Å². The van der Waals surface area contributed by atoms with Gasteiger partial charge < -0.3 is 27.0 Å². The Labute approximate surface area is 292 Å². The summed E-state index contributed by atoms with van der Waals surface area (Å²) in [4.78, 5) is 39.8. The molecule has 3 amide bonds. The van der Waals surface area contributed by atoms with Crippen LogP contribution < -0.4 is 27.0 Å². The van der Waals surface area contributed by atoms with Crippen molar-refractivity contribution >= 4 is 35.8 Å². The van der Waals surface area contributed by atoms with Crippen LogP contribution in [0.3, 0.4) is 0 Å². The van der Waals surface area contributed by atoms with Gasteiger partial charge in [0.25, 0.3) is 5.91 Å². The first kappa shape index (κ1) is 35.7. The minimum absolute atomic E-state index is 0. The van der Waals surface area contributed by atoms with E-state index in [0.29, 0.717) is 36.0 Å². The third kappa shape index (κ3) is 9.08. The number of benzene rings is 3. The van der Waals surface area contributed by atoms with E-state index in [2.05, 4.69) is 41.9 Å². The topological polar surface area (TPSA) is 180 Å². The third-order valence-corrected chi connectivity index (χ3v) is 9.53. The van der Waals surface area contributed by atoms with E-state index in [9.17, 15) is 14.4 Å². The SMILES string of the molecule is Cc1cc(C(=O)N[C@H]2CCNC2)ccc1-c1ccc(C[C@H](NC(=O)[C@H]2CC[C@H](CN)CC2)C(=O)Nc2ccc(-c3nn[nH]n3)cc2)cc1.Cl. The number of halogens is 1. The lowest BCUT2D eigenvalue weighted by Gasteiger charge is -2.28. The molecule has 7 N–H and O–H groups in total. The summed E-state index contributed by atoms with van der Waals surface area (Å²) in [5.74, 6) is 0.318. The number of aromatic amines is 1. The first-order chi connectivity index (χ1) is 23.4. The van der Waals surface area contributed by atoms with E-state index >= 15 is 0 Å². The van der Waals surface area contributed by atoms with Crippen LogP contribution in [0.15, 0.2) is 66.7 Å². The van der Waals surface area contributed by atoms with Gasteiger partial charge in [-0.15, -0.1) is 22.6 Å². The van der Waals surface area contributed by atoms with Crippen LogP contribution in [0, 0.1) is 18.8 Å². The summed E-state index contributed by atoms with van der Waals surface area (Å²) in [6, 6.07) is 20.3. The van der Waals surface area contributed by atoms with Crippen molar-refractivity contribution in [3.8, 4) is 22.5 Å². The Bertz CT molecular complexity index is 1700. The summed E-state index contributed by atoms with van der Waals surface area (Å²) in [5.41, 5.74) is 11.8. The zero-order chi connectivity index (χ0) is 33.5. The number of tetrazole rings is 1. The molecule has 1 saturated carbocycles. The molecule has 1 aromatic heterocycles. The maximum Gasteiger partial charge on any atom is 0.251 e. The lowest BCUT2D eigenvalue weighted by molar-refractivity contribution is -0.130. The number of aryl methyl sites for hydroxylation is 1. The number of aromatic nitrogens is 4. The van der Waals surface area contributed by atoms with Crippen LogP contribution in [0.25, 0.3) is 22.5 Å². The molecule has 258 valence electrons. The van der Waals surface area contributed by atoms with Crippen LogP contribution >= 0.6 is 12.4 Å². The number of carbonyl (C=O) groups is 3. The number of carbonyl (C=O) groups excluding carboxylic acids is 3. The molecule has 1 aliphatic heterocycles. The molecule has 2 heterocycles. The number of rotatable bonds is 11. The zero-order valence-electron chi connectivity index (χ0n) is 27.6. The molecule has 49 heavy (non-hydrogen) atoms. The van der Waals surface area contributed by atoms with Crippen molar-refractivity contribution in [2.24, 2.45) is 17.6 Å². The van der Waals surface area contributed by atoms with Crippen LogP contribution in [0.2, 0.25) is 0 Å². The summed E-state index contributed by atoms with van der Waals surface area (Å²) < 4.78 is 0. The quantitative estimate of drug-likeness (QED) is 0.138. The maximum absolute atomic E-state index is 13.7. The normalized spacial score (nSPS) is 19.3. The monoisotopic (exact) mass is 685 g/mol. The molecule has 3 aromatic carbocycles. The summed E-state index contributed by atoms with van der Waals surface area (Å²) in [7, 11) is 0. The van der Waals surface area contributed by atoms with Gasteiger partial charge >= 0.3 is 0 Å². The fraction of sp³-hybridized carbons (Fsp3) is 0.389. The van der Waals surface area contributed by atoms with Crippen molar-refractivity contribution in [2.75, 3.05) is 25.0 Å². The highest BCUT2D eigenvalue weighted by Gasteiger charge is 2.29. The van der Waals surface area contributed by atoms with Gasteiger partial charge in [0.15, 0.2) is 0 Å². The number of hydrogen-bond donors (Lipinski definition) is 6. The van der Waals surface area contributed by atoms with E-state index in [1.807, 2.05) is 49.4 Å². The van der Waals surface area contributed by atoms with E-state index in [0.717, 1.165) is 73.0 Å². The molecule has 2 atom stereocenters. The molecule has 2 aliphatic rings. The van der Waals surface area contributed by atoms with Gasteiger partial charge in [-0.2, -0.15) is 5.21 Å². The lowest BCUT2D eigenvalue weighted by atomic mass is 9.81. The Morgan fingerprint density at radius 2 is 1.67 bits per heavy atom. The van der Waals surface area contributed by atoms with Crippen LogP contribution in [-0.4, -0.2) is 70.1 Å². The molecule has 0 bridgehead atoms. The molecule has 4 aromatic rings. The first-order valence-corrected chi connectivity index (χ1v) is 16.7. The number of H-pyrrole nitrogens is 1. The van der Waals surface area contributed by atoms with Crippen LogP contribution in [-0.2, 0) is 16.0 Å². The summed E-state index contributed by atoms with van der Waals surface area (Å²) in [6.07, 6.45) is 4.64. The van der Waals surface area contributed by atoms with Crippen LogP contribution in [0.4, 0.5) is 5.69 Å². The fourth-order valence-corrected chi connectivity index (χ4v) is 6.61. The van der Waals surface area contributed by atoms with Crippen molar-refractivity contribution in [3.05, 3.63) is 83.4 Å². The van der Waals surface area contributed by atoms with Crippen LogP contribution in [0.1, 0.15) is 53.6 Å².